The molecule has 5 nitrogen and oxygen atoms in total. The summed E-state index contributed by atoms with van der Waals surface area (Å²) < 4.78 is 5.51. The molecule has 2 aliphatic heterocycles. The third kappa shape index (κ3) is 5.89. The Labute approximate surface area is 174 Å². The van der Waals surface area contributed by atoms with Crippen LogP contribution in [0, 0.1) is 5.41 Å². The molecular formula is C18H35Cl2N3O2S. The average Bonchev–Trinajstić information content (AvgIpc) is 3.12. The first kappa shape index (κ1) is 24.3. The van der Waals surface area contributed by atoms with Crippen molar-refractivity contribution in [1.82, 2.24) is 10.2 Å². The third-order valence-electron chi connectivity index (χ3n) is 6.26. The number of ether oxygens (including phenoxy) is 1. The number of morpholine rings is 1. The van der Waals surface area contributed by atoms with Gasteiger partial charge in [-0.05, 0) is 37.0 Å². The number of rotatable bonds is 6. The Balaban J connectivity index is 0.00000169. The lowest BCUT2D eigenvalue weighted by Gasteiger charge is -2.43. The number of nitrogens with zero attached hydrogens (tertiary/aromatic N) is 1. The molecule has 8 heteroatoms. The van der Waals surface area contributed by atoms with E-state index in [4.69, 9.17) is 10.5 Å². The fraction of sp³-hybridized carbons (Fsp3) is 0.944. The summed E-state index contributed by atoms with van der Waals surface area (Å²) in [5, 5.41) is 3.28. The van der Waals surface area contributed by atoms with E-state index in [-0.39, 0.29) is 41.7 Å². The maximum atomic E-state index is 12.6. The average molecular weight is 428 g/mol. The lowest BCUT2D eigenvalue weighted by molar-refractivity contribution is -0.124. The summed E-state index contributed by atoms with van der Waals surface area (Å²) >= 11 is 2.01. The Bertz CT molecular complexity index is 425. The van der Waals surface area contributed by atoms with Gasteiger partial charge in [-0.2, -0.15) is 11.8 Å². The van der Waals surface area contributed by atoms with E-state index in [2.05, 4.69) is 10.2 Å². The molecule has 0 aromatic rings. The van der Waals surface area contributed by atoms with Crippen LogP contribution in [0.25, 0.3) is 0 Å². The highest BCUT2D eigenvalue weighted by Crippen LogP contribution is 2.38. The van der Waals surface area contributed by atoms with E-state index in [0.29, 0.717) is 13.0 Å². The first-order valence-corrected chi connectivity index (χ1v) is 10.7. The number of amides is 1. The number of nitrogens with two attached hydrogens (primary N) is 1. The first-order chi connectivity index (χ1) is 11.7. The van der Waals surface area contributed by atoms with Crippen molar-refractivity contribution in [3.63, 3.8) is 0 Å². The van der Waals surface area contributed by atoms with Gasteiger partial charge in [-0.25, -0.2) is 0 Å². The molecule has 0 bridgehead atoms. The summed E-state index contributed by atoms with van der Waals surface area (Å²) in [6, 6.07) is 0. The van der Waals surface area contributed by atoms with Gasteiger partial charge in [0.2, 0.25) is 5.91 Å². The molecule has 0 radical (unpaired) electrons. The van der Waals surface area contributed by atoms with Crippen molar-refractivity contribution in [1.29, 1.82) is 0 Å². The first-order valence-electron chi connectivity index (χ1n) is 9.56. The maximum absolute atomic E-state index is 12.6. The van der Waals surface area contributed by atoms with Gasteiger partial charge in [-0.1, -0.05) is 19.3 Å². The van der Waals surface area contributed by atoms with Crippen LogP contribution in [0.2, 0.25) is 0 Å². The number of carbonyl (C=O) groups excluding carboxylic acids is 1. The zero-order chi connectivity index (χ0) is 16.9. The smallest absolute Gasteiger partial charge is 0.220 e. The molecule has 1 amide bonds. The Hall–Kier alpha value is 0.280. The predicted molar refractivity (Wildman–Crippen MR) is 114 cm³/mol. The predicted octanol–water partition coefficient (Wildman–Crippen LogP) is 2.45. The largest absolute Gasteiger partial charge is 0.379 e. The van der Waals surface area contributed by atoms with Gasteiger partial charge in [0.1, 0.15) is 0 Å². The van der Waals surface area contributed by atoms with Crippen molar-refractivity contribution >= 4 is 42.5 Å². The maximum Gasteiger partial charge on any atom is 0.220 e. The number of thioether (sulfide) groups is 1. The van der Waals surface area contributed by atoms with Gasteiger partial charge in [0.15, 0.2) is 0 Å². The van der Waals surface area contributed by atoms with Gasteiger partial charge in [-0.3, -0.25) is 9.69 Å². The molecule has 3 rings (SSSR count). The van der Waals surface area contributed by atoms with Crippen LogP contribution in [0.15, 0.2) is 0 Å². The highest BCUT2D eigenvalue weighted by atomic mass is 35.5. The van der Waals surface area contributed by atoms with Gasteiger partial charge in [0, 0.05) is 37.3 Å². The molecule has 1 unspecified atom stereocenters. The highest BCUT2D eigenvalue weighted by molar-refractivity contribution is 7.99. The normalized spacial score (nSPS) is 28.7. The van der Waals surface area contributed by atoms with Crippen LogP contribution in [0.4, 0.5) is 0 Å². The van der Waals surface area contributed by atoms with Crippen molar-refractivity contribution in [2.45, 2.75) is 50.5 Å². The van der Waals surface area contributed by atoms with Crippen LogP contribution >= 0.6 is 36.6 Å². The lowest BCUT2D eigenvalue weighted by atomic mass is 9.71. The molecule has 0 spiro atoms. The molecule has 3 N–H and O–H groups in total. The van der Waals surface area contributed by atoms with Crippen molar-refractivity contribution in [2.24, 2.45) is 11.1 Å². The van der Waals surface area contributed by atoms with Crippen LogP contribution in [0.1, 0.15) is 44.9 Å². The van der Waals surface area contributed by atoms with E-state index in [1.54, 1.807) is 0 Å². The second-order valence-electron chi connectivity index (χ2n) is 7.84. The van der Waals surface area contributed by atoms with E-state index in [9.17, 15) is 4.79 Å². The lowest BCUT2D eigenvalue weighted by Crippen LogP contribution is -2.59. The Morgan fingerprint density at radius 1 is 1.12 bits per heavy atom. The minimum atomic E-state index is 0. The van der Waals surface area contributed by atoms with Crippen LogP contribution in [-0.4, -0.2) is 67.2 Å². The van der Waals surface area contributed by atoms with Gasteiger partial charge >= 0.3 is 0 Å². The second kappa shape index (κ2) is 11.3. The highest BCUT2D eigenvalue weighted by Gasteiger charge is 2.41. The molecule has 1 aliphatic carbocycles. The zero-order valence-corrected chi connectivity index (χ0v) is 18.1. The molecule has 2 heterocycles. The number of nitrogens with one attached hydrogen (secondary N) is 1. The summed E-state index contributed by atoms with van der Waals surface area (Å²) in [6.45, 7) is 5.03. The summed E-state index contributed by atoms with van der Waals surface area (Å²) in [5.41, 5.74) is 6.23. The Morgan fingerprint density at radius 2 is 1.81 bits per heavy atom. The van der Waals surface area contributed by atoms with Crippen molar-refractivity contribution in [3.05, 3.63) is 0 Å². The summed E-state index contributed by atoms with van der Waals surface area (Å²) in [7, 11) is 0. The Morgan fingerprint density at radius 3 is 2.38 bits per heavy atom. The third-order valence-corrected chi connectivity index (χ3v) is 7.50. The van der Waals surface area contributed by atoms with E-state index < -0.39 is 0 Å². The van der Waals surface area contributed by atoms with Crippen LogP contribution in [-0.2, 0) is 9.53 Å². The number of halogens is 2. The minimum absolute atomic E-state index is 0. The van der Waals surface area contributed by atoms with Crippen molar-refractivity contribution in [2.75, 3.05) is 50.9 Å². The van der Waals surface area contributed by atoms with Gasteiger partial charge in [0.25, 0.3) is 0 Å². The molecule has 26 heavy (non-hydrogen) atoms. The summed E-state index contributed by atoms with van der Waals surface area (Å²) in [5.74, 6) is 2.52. The molecule has 2 saturated heterocycles. The quantitative estimate of drug-likeness (QED) is 0.680. The molecule has 1 saturated carbocycles. The molecule has 154 valence electrons. The summed E-state index contributed by atoms with van der Waals surface area (Å²) in [4.78, 5) is 15.2. The molecule has 3 fully saturated rings. The SMILES string of the molecule is Cl.Cl.NCC1(CC(=O)NCC2(N3CCOCC3)CCSC2)CCCCC1. The topological polar surface area (TPSA) is 67.6 Å². The zero-order valence-electron chi connectivity index (χ0n) is 15.7. The minimum Gasteiger partial charge on any atom is -0.379 e. The fourth-order valence-corrected chi connectivity index (χ4v) is 6.03. The van der Waals surface area contributed by atoms with E-state index in [1.807, 2.05) is 11.8 Å². The van der Waals surface area contributed by atoms with E-state index in [0.717, 1.165) is 51.4 Å². The molecule has 0 aromatic carbocycles. The van der Waals surface area contributed by atoms with E-state index >= 15 is 0 Å². The van der Waals surface area contributed by atoms with Crippen molar-refractivity contribution in [3.8, 4) is 0 Å². The number of hydrogen-bond donors (Lipinski definition) is 2. The molecular weight excluding hydrogens is 393 g/mol. The molecule has 3 aliphatic rings. The van der Waals surface area contributed by atoms with Crippen molar-refractivity contribution < 1.29 is 9.53 Å². The van der Waals surface area contributed by atoms with Crippen LogP contribution < -0.4 is 11.1 Å². The van der Waals surface area contributed by atoms with Gasteiger partial charge in [-0.15, -0.1) is 24.8 Å². The number of carbonyl (C=O) groups is 1. The monoisotopic (exact) mass is 427 g/mol. The van der Waals surface area contributed by atoms with Crippen LogP contribution in [0.5, 0.6) is 0 Å². The molecule has 0 aromatic heterocycles. The van der Waals surface area contributed by atoms with Gasteiger partial charge in [0.05, 0.1) is 13.2 Å². The molecule has 1 atom stereocenters. The fourth-order valence-electron chi connectivity index (χ4n) is 4.56. The van der Waals surface area contributed by atoms with Crippen LogP contribution in [0.3, 0.4) is 0 Å². The van der Waals surface area contributed by atoms with E-state index in [1.165, 1.54) is 31.4 Å². The second-order valence-corrected chi connectivity index (χ2v) is 8.95. The Kier molecular flexibility index (Phi) is 10.6. The van der Waals surface area contributed by atoms with Gasteiger partial charge < -0.3 is 15.8 Å². The number of hydrogen-bond acceptors (Lipinski definition) is 5. The summed E-state index contributed by atoms with van der Waals surface area (Å²) in [6.07, 6.45) is 7.73. The standard InChI is InChI=1S/C18H33N3O2S.2ClH/c19-13-17(4-2-1-3-5-17)12-16(22)20-14-18(6-11-24-15-18)21-7-9-23-10-8-21;;/h1-15,19H2,(H,20,22);2*1H.